The van der Waals surface area contributed by atoms with Crippen LogP contribution in [0.2, 0.25) is 0 Å². The summed E-state index contributed by atoms with van der Waals surface area (Å²) in [5.74, 6) is 0.716. The first-order chi connectivity index (χ1) is 10.8. The quantitative estimate of drug-likeness (QED) is 0.825. The molecule has 2 unspecified atom stereocenters. The maximum absolute atomic E-state index is 12.9. The second kappa shape index (κ2) is 5.79. The molecule has 7 heteroatoms. The molecule has 2 aliphatic heterocycles. The number of hydrogen-bond acceptors (Lipinski definition) is 4. The summed E-state index contributed by atoms with van der Waals surface area (Å²) in [6.45, 7) is 4.84. The first-order valence-electron chi connectivity index (χ1n) is 7.89. The van der Waals surface area contributed by atoms with Crippen LogP contribution in [0, 0.1) is 5.92 Å². The van der Waals surface area contributed by atoms with E-state index in [2.05, 4.69) is 6.92 Å². The van der Waals surface area contributed by atoms with Gasteiger partial charge in [-0.1, -0.05) is 6.92 Å². The highest BCUT2D eigenvalue weighted by Crippen LogP contribution is 2.36. The number of nitrogens with zero attached hydrogens (tertiary/aromatic N) is 2. The number of piperidine rings is 1. The SMILES string of the molecule is CC1CCCN(S(=O)(=O)c2ccc3c(c2)N(C)C(=O)C(C)O3)C1. The third-order valence-corrected chi connectivity index (χ3v) is 6.39. The third-order valence-electron chi connectivity index (χ3n) is 4.53. The van der Waals surface area contributed by atoms with Crippen molar-refractivity contribution < 1.29 is 17.9 Å². The highest BCUT2D eigenvalue weighted by atomic mass is 32.2. The van der Waals surface area contributed by atoms with Crippen molar-refractivity contribution >= 4 is 21.6 Å². The van der Waals surface area contributed by atoms with Crippen molar-refractivity contribution in [2.75, 3.05) is 25.0 Å². The molecular formula is C16H22N2O4S. The van der Waals surface area contributed by atoms with Gasteiger partial charge >= 0.3 is 0 Å². The zero-order chi connectivity index (χ0) is 16.8. The highest BCUT2D eigenvalue weighted by molar-refractivity contribution is 7.89. The zero-order valence-corrected chi connectivity index (χ0v) is 14.5. The Kier molecular flexibility index (Phi) is 4.10. The van der Waals surface area contributed by atoms with Gasteiger partial charge in [0.1, 0.15) is 5.75 Å². The Hall–Kier alpha value is -1.60. The van der Waals surface area contributed by atoms with Gasteiger partial charge in [-0.25, -0.2) is 8.42 Å². The predicted molar refractivity (Wildman–Crippen MR) is 87.1 cm³/mol. The minimum Gasteiger partial charge on any atom is -0.479 e. The predicted octanol–water partition coefficient (Wildman–Crippen LogP) is 1.85. The number of anilines is 1. The van der Waals surface area contributed by atoms with E-state index < -0.39 is 16.1 Å². The van der Waals surface area contributed by atoms with Gasteiger partial charge in [-0.3, -0.25) is 4.79 Å². The van der Waals surface area contributed by atoms with Gasteiger partial charge in [0.2, 0.25) is 10.0 Å². The van der Waals surface area contributed by atoms with Gasteiger partial charge in [0, 0.05) is 20.1 Å². The molecule has 0 N–H and O–H groups in total. The molecule has 1 aromatic carbocycles. The molecule has 0 bridgehead atoms. The lowest BCUT2D eigenvalue weighted by Crippen LogP contribution is -2.42. The second-order valence-electron chi connectivity index (χ2n) is 6.40. The van der Waals surface area contributed by atoms with Crippen LogP contribution in [0.5, 0.6) is 5.75 Å². The Morgan fingerprint density at radius 3 is 2.70 bits per heavy atom. The highest BCUT2D eigenvalue weighted by Gasteiger charge is 2.33. The van der Waals surface area contributed by atoms with E-state index in [1.54, 1.807) is 26.1 Å². The molecule has 126 valence electrons. The molecule has 23 heavy (non-hydrogen) atoms. The number of amides is 1. The first-order valence-corrected chi connectivity index (χ1v) is 9.33. The first kappa shape index (κ1) is 16.3. The van der Waals surface area contributed by atoms with E-state index in [1.165, 1.54) is 15.3 Å². The summed E-state index contributed by atoms with van der Waals surface area (Å²) in [6, 6.07) is 4.73. The van der Waals surface area contributed by atoms with Gasteiger partial charge < -0.3 is 9.64 Å². The van der Waals surface area contributed by atoms with Crippen LogP contribution in [0.25, 0.3) is 0 Å². The van der Waals surface area contributed by atoms with E-state index in [0.29, 0.717) is 30.4 Å². The fourth-order valence-corrected chi connectivity index (χ4v) is 4.78. The molecule has 0 saturated carbocycles. The molecular weight excluding hydrogens is 316 g/mol. The topological polar surface area (TPSA) is 66.9 Å². The molecule has 2 atom stereocenters. The lowest BCUT2D eigenvalue weighted by Gasteiger charge is -2.32. The van der Waals surface area contributed by atoms with Gasteiger partial charge in [0.05, 0.1) is 10.6 Å². The number of rotatable bonds is 2. The molecule has 1 aromatic rings. The van der Waals surface area contributed by atoms with Crippen molar-refractivity contribution in [3.05, 3.63) is 18.2 Å². The molecule has 1 amide bonds. The largest absolute Gasteiger partial charge is 0.479 e. The van der Waals surface area contributed by atoms with Gasteiger partial charge in [0.25, 0.3) is 5.91 Å². The fraction of sp³-hybridized carbons (Fsp3) is 0.562. The molecule has 1 saturated heterocycles. The smallest absolute Gasteiger partial charge is 0.267 e. The van der Waals surface area contributed by atoms with Crippen molar-refractivity contribution in [3.8, 4) is 5.75 Å². The van der Waals surface area contributed by atoms with E-state index >= 15 is 0 Å². The lowest BCUT2D eigenvalue weighted by molar-refractivity contribution is -0.125. The standard InChI is InChI=1S/C16H22N2O4S/c1-11-5-4-8-18(10-11)23(20,21)13-6-7-15-14(9-13)17(3)16(19)12(2)22-15/h6-7,9,11-12H,4-5,8,10H2,1-3H3. The summed E-state index contributed by atoms with van der Waals surface area (Å²) < 4.78 is 32.8. The summed E-state index contributed by atoms with van der Waals surface area (Å²) in [5.41, 5.74) is 0.499. The normalized spacial score (nSPS) is 25.9. The molecule has 0 radical (unpaired) electrons. The van der Waals surface area contributed by atoms with Crippen LogP contribution in [0.1, 0.15) is 26.7 Å². The van der Waals surface area contributed by atoms with Crippen molar-refractivity contribution in [2.24, 2.45) is 5.92 Å². The van der Waals surface area contributed by atoms with Crippen LogP contribution in [-0.4, -0.2) is 44.9 Å². The lowest BCUT2D eigenvalue weighted by atomic mass is 10.0. The Morgan fingerprint density at radius 2 is 2.00 bits per heavy atom. The average Bonchev–Trinajstić information content (AvgIpc) is 2.52. The summed E-state index contributed by atoms with van der Waals surface area (Å²) in [5, 5.41) is 0. The monoisotopic (exact) mass is 338 g/mol. The number of likely N-dealkylation sites (N-methyl/N-ethyl adjacent to an activating group) is 1. The third kappa shape index (κ3) is 2.83. The van der Waals surface area contributed by atoms with Gasteiger partial charge in [-0.2, -0.15) is 4.31 Å². The second-order valence-corrected chi connectivity index (χ2v) is 8.34. The van der Waals surface area contributed by atoms with Crippen LogP contribution in [0.15, 0.2) is 23.1 Å². The summed E-state index contributed by atoms with van der Waals surface area (Å²) in [7, 11) is -1.90. The van der Waals surface area contributed by atoms with Crippen LogP contribution in [0.3, 0.4) is 0 Å². The summed E-state index contributed by atoms with van der Waals surface area (Å²) in [4.78, 5) is 13.7. The molecule has 6 nitrogen and oxygen atoms in total. The molecule has 2 heterocycles. The van der Waals surface area contributed by atoms with E-state index in [1.807, 2.05) is 0 Å². The van der Waals surface area contributed by atoms with Crippen LogP contribution in [-0.2, 0) is 14.8 Å². The van der Waals surface area contributed by atoms with Crippen molar-refractivity contribution in [2.45, 2.75) is 37.7 Å². The maximum atomic E-state index is 12.9. The Morgan fingerprint density at radius 1 is 1.26 bits per heavy atom. The Bertz CT molecular complexity index is 732. The number of sulfonamides is 1. The van der Waals surface area contributed by atoms with E-state index in [4.69, 9.17) is 4.74 Å². The van der Waals surface area contributed by atoms with E-state index in [9.17, 15) is 13.2 Å². The fourth-order valence-electron chi connectivity index (χ4n) is 3.17. The van der Waals surface area contributed by atoms with E-state index in [-0.39, 0.29) is 10.8 Å². The van der Waals surface area contributed by atoms with Crippen molar-refractivity contribution in [3.63, 3.8) is 0 Å². The molecule has 0 aromatic heterocycles. The van der Waals surface area contributed by atoms with Gasteiger partial charge in [-0.15, -0.1) is 0 Å². The summed E-state index contributed by atoms with van der Waals surface area (Å²) in [6.07, 6.45) is 1.38. The van der Waals surface area contributed by atoms with E-state index in [0.717, 1.165) is 12.8 Å². The Labute approximate surface area is 137 Å². The number of carbonyl (C=O) groups is 1. The number of ether oxygens (including phenoxy) is 1. The van der Waals surface area contributed by atoms with Gasteiger partial charge in [0.15, 0.2) is 6.10 Å². The van der Waals surface area contributed by atoms with Crippen LogP contribution < -0.4 is 9.64 Å². The van der Waals surface area contributed by atoms with Crippen LogP contribution in [0.4, 0.5) is 5.69 Å². The number of carbonyl (C=O) groups excluding carboxylic acids is 1. The maximum Gasteiger partial charge on any atom is 0.267 e. The number of hydrogen-bond donors (Lipinski definition) is 0. The zero-order valence-electron chi connectivity index (χ0n) is 13.7. The Balaban J connectivity index is 1.97. The molecule has 3 rings (SSSR count). The number of benzene rings is 1. The van der Waals surface area contributed by atoms with Crippen LogP contribution >= 0.6 is 0 Å². The summed E-state index contributed by atoms with van der Waals surface area (Å²) >= 11 is 0. The molecule has 0 spiro atoms. The minimum atomic E-state index is -3.54. The average molecular weight is 338 g/mol. The minimum absolute atomic E-state index is 0.182. The van der Waals surface area contributed by atoms with Gasteiger partial charge in [-0.05, 0) is 43.9 Å². The molecule has 2 aliphatic rings. The van der Waals surface area contributed by atoms with Crippen molar-refractivity contribution in [1.82, 2.24) is 4.31 Å². The molecule has 1 fully saturated rings. The van der Waals surface area contributed by atoms with Crippen molar-refractivity contribution in [1.29, 1.82) is 0 Å². The number of fused-ring (bicyclic) bond motifs is 1. The molecule has 0 aliphatic carbocycles.